The Bertz CT molecular complexity index is 1110. The lowest BCUT2D eigenvalue weighted by molar-refractivity contribution is -0.133. The van der Waals surface area contributed by atoms with Gasteiger partial charge in [-0.3, -0.25) is 4.79 Å². The van der Waals surface area contributed by atoms with Crippen molar-refractivity contribution in [1.82, 2.24) is 29.9 Å². The minimum Gasteiger partial charge on any atom is -0.347 e. The second-order valence-corrected chi connectivity index (χ2v) is 9.48. The smallest absolute Gasteiger partial charge is 0.244 e. The second kappa shape index (κ2) is 9.87. The summed E-state index contributed by atoms with van der Waals surface area (Å²) in [6.07, 6.45) is 5.63. The van der Waals surface area contributed by atoms with Crippen molar-refractivity contribution in [2.45, 2.75) is 45.1 Å². The lowest BCUT2D eigenvalue weighted by Gasteiger charge is -2.33. The number of amides is 1. The molecule has 0 saturated carbocycles. The molecule has 3 aromatic rings. The number of anilines is 1. The van der Waals surface area contributed by atoms with E-state index in [1.165, 1.54) is 0 Å². The molecular formula is C24H30ClN7O. The molecule has 1 atom stereocenters. The molecular weight excluding hydrogens is 438 g/mol. The number of nitrogens with zero attached hydrogens (tertiary/aromatic N) is 7. The molecule has 174 valence electrons. The number of hydrogen-bond donors (Lipinski definition) is 0. The number of aromatic nitrogens is 5. The molecule has 0 N–H and O–H groups in total. The highest BCUT2D eigenvalue weighted by Gasteiger charge is 2.28. The maximum absolute atomic E-state index is 13.1. The summed E-state index contributed by atoms with van der Waals surface area (Å²) in [7, 11) is 3.86. The van der Waals surface area contributed by atoms with Crippen molar-refractivity contribution in [1.29, 1.82) is 0 Å². The molecule has 4 rings (SSSR count). The first-order valence-corrected chi connectivity index (χ1v) is 11.7. The number of halogens is 1. The summed E-state index contributed by atoms with van der Waals surface area (Å²) in [5.74, 6) is 1.12. The molecule has 1 fully saturated rings. The molecule has 1 saturated heterocycles. The van der Waals surface area contributed by atoms with Gasteiger partial charge < -0.3 is 9.80 Å². The molecule has 0 bridgehead atoms. The van der Waals surface area contributed by atoms with E-state index in [-0.39, 0.29) is 24.3 Å². The van der Waals surface area contributed by atoms with E-state index in [2.05, 4.69) is 29.1 Å². The van der Waals surface area contributed by atoms with Gasteiger partial charge in [-0.25, -0.2) is 14.6 Å². The van der Waals surface area contributed by atoms with Crippen LogP contribution in [-0.4, -0.2) is 63.0 Å². The Morgan fingerprint density at radius 1 is 1.24 bits per heavy atom. The van der Waals surface area contributed by atoms with Gasteiger partial charge in [0, 0.05) is 56.1 Å². The molecule has 0 radical (unpaired) electrons. The predicted molar refractivity (Wildman–Crippen MR) is 129 cm³/mol. The summed E-state index contributed by atoms with van der Waals surface area (Å²) in [6.45, 7) is 5.68. The summed E-state index contributed by atoms with van der Waals surface area (Å²) < 4.78 is 1.63. The zero-order chi connectivity index (χ0) is 23.5. The van der Waals surface area contributed by atoms with Gasteiger partial charge in [-0.2, -0.15) is 0 Å². The van der Waals surface area contributed by atoms with E-state index in [0.717, 1.165) is 41.9 Å². The highest BCUT2D eigenvalue weighted by Crippen LogP contribution is 2.34. The molecule has 0 unspecified atom stereocenters. The predicted octanol–water partition coefficient (Wildman–Crippen LogP) is 3.98. The average molecular weight is 468 g/mol. The third-order valence-corrected chi connectivity index (χ3v) is 6.22. The molecule has 3 heterocycles. The monoisotopic (exact) mass is 467 g/mol. The topological polar surface area (TPSA) is 80.0 Å². The van der Waals surface area contributed by atoms with Crippen molar-refractivity contribution in [2.75, 3.05) is 32.1 Å². The first-order chi connectivity index (χ1) is 15.8. The van der Waals surface area contributed by atoms with E-state index >= 15 is 0 Å². The van der Waals surface area contributed by atoms with Crippen LogP contribution < -0.4 is 4.90 Å². The van der Waals surface area contributed by atoms with Crippen LogP contribution in [0.15, 0.2) is 36.7 Å². The van der Waals surface area contributed by atoms with E-state index in [1.54, 1.807) is 4.68 Å². The molecule has 0 spiro atoms. The zero-order valence-corrected chi connectivity index (χ0v) is 20.3. The Kier molecular flexibility index (Phi) is 6.93. The lowest BCUT2D eigenvalue weighted by atomic mass is 9.90. The van der Waals surface area contributed by atoms with Gasteiger partial charge in [0.05, 0.1) is 11.4 Å². The largest absolute Gasteiger partial charge is 0.347 e. The van der Waals surface area contributed by atoms with Gasteiger partial charge in [-0.15, -0.1) is 5.10 Å². The van der Waals surface area contributed by atoms with Crippen molar-refractivity contribution in [3.8, 4) is 11.1 Å². The molecule has 1 aliphatic rings. The Balaban J connectivity index is 1.58. The summed E-state index contributed by atoms with van der Waals surface area (Å²) >= 11 is 6.10. The van der Waals surface area contributed by atoms with Crippen LogP contribution in [-0.2, 0) is 11.3 Å². The summed E-state index contributed by atoms with van der Waals surface area (Å²) in [5, 5.41) is 8.98. The number of piperidine rings is 1. The van der Waals surface area contributed by atoms with Crippen LogP contribution in [0.4, 0.5) is 5.95 Å². The highest BCUT2D eigenvalue weighted by molar-refractivity contribution is 6.30. The fourth-order valence-electron chi connectivity index (χ4n) is 4.08. The highest BCUT2D eigenvalue weighted by atomic mass is 35.5. The minimum absolute atomic E-state index is 0.0508. The number of likely N-dealkylation sites (tertiary alicyclic amines) is 1. The molecule has 8 nitrogen and oxygen atoms in total. The maximum atomic E-state index is 13.1. The van der Waals surface area contributed by atoms with E-state index in [9.17, 15) is 4.79 Å². The van der Waals surface area contributed by atoms with Crippen molar-refractivity contribution in [3.63, 3.8) is 0 Å². The maximum Gasteiger partial charge on any atom is 0.244 e. The number of carbonyl (C=O) groups is 1. The van der Waals surface area contributed by atoms with Crippen LogP contribution in [0.5, 0.6) is 0 Å². The first-order valence-electron chi connectivity index (χ1n) is 11.3. The van der Waals surface area contributed by atoms with Gasteiger partial charge in [0.2, 0.25) is 11.9 Å². The molecule has 9 heteroatoms. The van der Waals surface area contributed by atoms with Gasteiger partial charge in [0.1, 0.15) is 6.54 Å². The van der Waals surface area contributed by atoms with Crippen LogP contribution in [0.25, 0.3) is 11.1 Å². The molecule has 2 aromatic heterocycles. The van der Waals surface area contributed by atoms with Crippen LogP contribution >= 0.6 is 11.6 Å². The number of hydrogen-bond acceptors (Lipinski definition) is 6. The van der Waals surface area contributed by atoms with Gasteiger partial charge in [-0.05, 0) is 36.5 Å². The summed E-state index contributed by atoms with van der Waals surface area (Å²) in [4.78, 5) is 26.4. The Morgan fingerprint density at radius 2 is 2.00 bits per heavy atom. The quantitative estimate of drug-likeness (QED) is 0.545. The van der Waals surface area contributed by atoms with E-state index in [4.69, 9.17) is 16.6 Å². The Labute approximate surface area is 199 Å². The van der Waals surface area contributed by atoms with Crippen LogP contribution in [0.2, 0.25) is 5.02 Å². The Morgan fingerprint density at radius 3 is 2.67 bits per heavy atom. The van der Waals surface area contributed by atoms with E-state index in [0.29, 0.717) is 17.5 Å². The van der Waals surface area contributed by atoms with Gasteiger partial charge in [0.25, 0.3) is 0 Å². The standard InChI is InChI=1S/C24H30ClN7O/c1-16(2)21-14-32(29-28-21)15-22(33)31-11-5-6-18(13-31)23-20(12-26-24(27-23)30(3)4)17-7-9-19(25)10-8-17/h7-10,12,14,16,18H,5-6,11,13,15H2,1-4H3/t18-/m0/s1. The van der Waals surface area contributed by atoms with Gasteiger partial charge >= 0.3 is 0 Å². The molecule has 1 aliphatic heterocycles. The summed E-state index contributed by atoms with van der Waals surface area (Å²) in [5.41, 5.74) is 3.86. The van der Waals surface area contributed by atoms with Crippen molar-refractivity contribution < 1.29 is 4.79 Å². The van der Waals surface area contributed by atoms with Crippen LogP contribution in [0.1, 0.15) is 49.9 Å². The zero-order valence-electron chi connectivity index (χ0n) is 19.6. The normalized spacial score (nSPS) is 16.3. The number of rotatable bonds is 6. The molecule has 33 heavy (non-hydrogen) atoms. The average Bonchev–Trinajstić information content (AvgIpc) is 3.28. The van der Waals surface area contributed by atoms with E-state index in [1.807, 2.05) is 60.6 Å². The van der Waals surface area contributed by atoms with E-state index < -0.39 is 0 Å². The molecule has 1 amide bonds. The SMILES string of the molecule is CC(C)c1cn(CC(=O)N2CCC[C@H](c3nc(N(C)C)ncc3-c3ccc(Cl)cc3)C2)nn1. The fraction of sp³-hybridized carbons (Fsp3) is 0.458. The van der Waals surface area contributed by atoms with Crippen molar-refractivity contribution in [3.05, 3.63) is 53.1 Å². The Hall–Kier alpha value is -3.00. The molecule has 1 aromatic carbocycles. The van der Waals surface area contributed by atoms with Crippen LogP contribution in [0.3, 0.4) is 0 Å². The lowest BCUT2D eigenvalue weighted by Crippen LogP contribution is -2.41. The summed E-state index contributed by atoms with van der Waals surface area (Å²) in [6, 6.07) is 7.73. The second-order valence-electron chi connectivity index (χ2n) is 9.04. The van der Waals surface area contributed by atoms with Crippen molar-refractivity contribution in [2.24, 2.45) is 0 Å². The van der Waals surface area contributed by atoms with Gasteiger partial charge in [0.15, 0.2) is 0 Å². The minimum atomic E-state index is 0.0508. The van der Waals surface area contributed by atoms with Crippen molar-refractivity contribution >= 4 is 23.5 Å². The number of benzene rings is 1. The van der Waals surface area contributed by atoms with Crippen LogP contribution in [0, 0.1) is 0 Å². The third kappa shape index (κ3) is 5.33. The first kappa shape index (κ1) is 23.2. The fourth-order valence-corrected chi connectivity index (χ4v) is 4.21. The van der Waals surface area contributed by atoms with Gasteiger partial charge in [-0.1, -0.05) is 42.8 Å². The number of carbonyl (C=O) groups excluding carboxylic acids is 1. The third-order valence-electron chi connectivity index (χ3n) is 5.97. The molecule has 0 aliphatic carbocycles.